The SMILES string of the molecule is CCOC(=O)C[NH+]1CCn2c3c(c4cc(C)ccc42)CCC[C@@H]31. The Kier molecular flexibility index (Phi) is 3.64. The maximum absolute atomic E-state index is 12.0. The number of benzene rings is 1. The Morgan fingerprint density at radius 2 is 2.30 bits per heavy atom. The number of aromatic nitrogens is 1. The summed E-state index contributed by atoms with van der Waals surface area (Å²) in [4.78, 5) is 13.3. The molecule has 1 aromatic heterocycles. The Bertz CT molecular complexity index is 762. The van der Waals surface area contributed by atoms with Crippen molar-refractivity contribution in [1.82, 2.24) is 4.57 Å². The molecule has 23 heavy (non-hydrogen) atoms. The number of carbonyl (C=O) groups is 1. The van der Waals surface area contributed by atoms with Gasteiger partial charge in [-0.1, -0.05) is 11.6 Å². The van der Waals surface area contributed by atoms with Crippen LogP contribution < -0.4 is 4.90 Å². The predicted octanol–water partition coefficient (Wildman–Crippen LogP) is 1.79. The third kappa shape index (κ3) is 2.36. The van der Waals surface area contributed by atoms with Gasteiger partial charge in [0.2, 0.25) is 0 Å². The fourth-order valence-corrected chi connectivity index (χ4v) is 4.52. The molecular formula is C19H25N2O2+. The van der Waals surface area contributed by atoms with E-state index < -0.39 is 0 Å². The fourth-order valence-electron chi connectivity index (χ4n) is 4.52. The molecule has 0 bridgehead atoms. The topological polar surface area (TPSA) is 35.7 Å². The zero-order valence-corrected chi connectivity index (χ0v) is 14.0. The molecule has 4 heteroatoms. The number of quaternary nitrogens is 1. The summed E-state index contributed by atoms with van der Waals surface area (Å²) in [5.74, 6) is -0.0602. The number of hydrogen-bond acceptors (Lipinski definition) is 2. The van der Waals surface area contributed by atoms with Crippen LogP contribution in [0, 0.1) is 6.92 Å². The van der Waals surface area contributed by atoms with Gasteiger partial charge in [-0.3, -0.25) is 0 Å². The molecule has 122 valence electrons. The van der Waals surface area contributed by atoms with Crippen LogP contribution in [-0.2, 0) is 22.5 Å². The number of esters is 1. The molecule has 0 amide bonds. The number of hydrogen-bond donors (Lipinski definition) is 1. The molecule has 0 fully saturated rings. The van der Waals surface area contributed by atoms with Crippen LogP contribution in [0.4, 0.5) is 0 Å². The molecule has 0 saturated carbocycles. The van der Waals surface area contributed by atoms with Crippen molar-refractivity contribution in [2.24, 2.45) is 0 Å². The van der Waals surface area contributed by atoms with Crippen molar-refractivity contribution in [1.29, 1.82) is 0 Å². The van der Waals surface area contributed by atoms with Crippen molar-refractivity contribution in [3.8, 4) is 0 Å². The predicted molar refractivity (Wildman–Crippen MR) is 89.7 cm³/mol. The van der Waals surface area contributed by atoms with Crippen LogP contribution in [0.1, 0.15) is 42.6 Å². The van der Waals surface area contributed by atoms with Gasteiger partial charge >= 0.3 is 5.97 Å². The molecule has 2 aliphatic rings. The number of nitrogens with zero attached hydrogens (tertiary/aromatic N) is 1. The van der Waals surface area contributed by atoms with Crippen molar-refractivity contribution in [2.45, 2.75) is 45.7 Å². The monoisotopic (exact) mass is 313 g/mol. The molecule has 1 aromatic carbocycles. The Labute approximate surface area is 137 Å². The van der Waals surface area contributed by atoms with Crippen molar-refractivity contribution >= 4 is 16.9 Å². The van der Waals surface area contributed by atoms with E-state index >= 15 is 0 Å². The lowest BCUT2D eigenvalue weighted by Crippen LogP contribution is -3.14. The van der Waals surface area contributed by atoms with E-state index in [2.05, 4.69) is 29.7 Å². The molecule has 1 unspecified atom stereocenters. The average molecular weight is 313 g/mol. The van der Waals surface area contributed by atoms with Crippen LogP contribution in [0.15, 0.2) is 18.2 Å². The van der Waals surface area contributed by atoms with Crippen molar-refractivity contribution in [3.63, 3.8) is 0 Å². The van der Waals surface area contributed by atoms with Crippen molar-refractivity contribution < 1.29 is 14.4 Å². The molecule has 1 aliphatic heterocycles. The molecular weight excluding hydrogens is 288 g/mol. The normalized spacial score (nSPS) is 22.9. The second-order valence-corrected chi connectivity index (χ2v) is 6.87. The number of ether oxygens (including phenoxy) is 1. The highest BCUT2D eigenvalue weighted by atomic mass is 16.5. The van der Waals surface area contributed by atoms with Gasteiger partial charge in [0.15, 0.2) is 6.54 Å². The Hall–Kier alpha value is -1.81. The van der Waals surface area contributed by atoms with Gasteiger partial charge in [-0.2, -0.15) is 0 Å². The number of fused-ring (bicyclic) bond motifs is 3. The van der Waals surface area contributed by atoms with E-state index in [-0.39, 0.29) is 5.97 Å². The third-order valence-corrected chi connectivity index (χ3v) is 5.44. The first kappa shape index (κ1) is 14.8. The van der Waals surface area contributed by atoms with Gasteiger partial charge in [0.05, 0.1) is 25.4 Å². The highest BCUT2D eigenvalue weighted by Gasteiger charge is 2.38. The lowest BCUT2D eigenvalue weighted by atomic mass is 9.89. The smallest absolute Gasteiger partial charge is 0.361 e. The summed E-state index contributed by atoms with van der Waals surface area (Å²) in [5.41, 5.74) is 5.72. The van der Waals surface area contributed by atoms with Crippen molar-refractivity contribution in [2.75, 3.05) is 19.7 Å². The highest BCUT2D eigenvalue weighted by Crippen LogP contribution is 2.37. The van der Waals surface area contributed by atoms with Gasteiger partial charge in [0, 0.05) is 17.3 Å². The molecule has 1 aliphatic carbocycles. The van der Waals surface area contributed by atoms with Crippen LogP contribution in [0.5, 0.6) is 0 Å². The first-order chi connectivity index (χ1) is 11.2. The molecule has 1 N–H and O–H groups in total. The molecule has 2 heterocycles. The van der Waals surface area contributed by atoms with Crippen LogP contribution in [0.3, 0.4) is 0 Å². The van der Waals surface area contributed by atoms with E-state index in [0.29, 0.717) is 19.2 Å². The maximum atomic E-state index is 12.0. The Balaban J connectivity index is 1.76. The van der Waals surface area contributed by atoms with Crippen LogP contribution >= 0.6 is 0 Å². The maximum Gasteiger partial charge on any atom is 0.361 e. The van der Waals surface area contributed by atoms with Gasteiger partial charge in [0.25, 0.3) is 0 Å². The second-order valence-electron chi connectivity index (χ2n) is 6.87. The first-order valence-electron chi connectivity index (χ1n) is 8.81. The summed E-state index contributed by atoms with van der Waals surface area (Å²) >= 11 is 0. The minimum Gasteiger partial charge on any atom is -0.462 e. The van der Waals surface area contributed by atoms with Crippen molar-refractivity contribution in [3.05, 3.63) is 35.0 Å². The first-order valence-corrected chi connectivity index (χ1v) is 8.81. The Morgan fingerprint density at radius 3 is 3.13 bits per heavy atom. The van der Waals surface area contributed by atoms with Gasteiger partial charge < -0.3 is 14.2 Å². The molecule has 2 aromatic rings. The minimum absolute atomic E-state index is 0.0602. The van der Waals surface area contributed by atoms with E-state index in [4.69, 9.17) is 4.74 Å². The minimum atomic E-state index is -0.0602. The summed E-state index contributed by atoms with van der Waals surface area (Å²) in [6.45, 7) is 7.03. The zero-order valence-electron chi connectivity index (χ0n) is 14.0. The summed E-state index contributed by atoms with van der Waals surface area (Å²) in [6, 6.07) is 7.27. The molecule has 4 nitrogen and oxygen atoms in total. The van der Waals surface area contributed by atoms with Gasteiger partial charge in [-0.05, 0) is 44.4 Å². The second kappa shape index (κ2) is 5.68. The number of aryl methyl sites for hydroxylation is 2. The van der Waals surface area contributed by atoms with E-state index in [0.717, 1.165) is 13.1 Å². The lowest BCUT2D eigenvalue weighted by molar-refractivity contribution is -0.930. The average Bonchev–Trinajstić information content (AvgIpc) is 2.85. The fraction of sp³-hybridized carbons (Fsp3) is 0.526. The quantitative estimate of drug-likeness (QED) is 0.877. The van der Waals surface area contributed by atoms with E-state index in [1.807, 2.05) is 6.92 Å². The molecule has 2 atom stereocenters. The number of carbonyl (C=O) groups excluding carboxylic acids is 1. The molecule has 0 radical (unpaired) electrons. The molecule has 0 spiro atoms. The summed E-state index contributed by atoms with van der Waals surface area (Å²) in [7, 11) is 0. The summed E-state index contributed by atoms with van der Waals surface area (Å²) in [6.07, 6.45) is 3.57. The number of rotatable bonds is 3. The standard InChI is InChI=1S/C19H24N2O2/c1-3-23-18(22)12-20-9-10-21-16-8-7-13(2)11-15(16)14-5-4-6-17(20)19(14)21/h7-8,11,17H,3-6,9-10,12H2,1-2H3/p+1/t17-/m0/s1. The Morgan fingerprint density at radius 1 is 1.43 bits per heavy atom. The summed E-state index contributed by atoms with van der Waals surface area (Å²) < 4.78 is 7.70. The van der Waals surface area contributed by atoms with E-state index in [1.165, 1.54) is 51.9 Å². The van der Waals surface area contributed by atoms with Gasteiger partial charge in [-0.25, -0.2) is 4.79 Å². The third-order valence-electron chi connectivity index (χ3n) is 5.44. The van der Waals surface area contributed by atoms with Crippen LogP contribution in [-0.4, -0.2) is 30.2 Å². The van der Waals surface area contributed by atoms with Gasteiger partial charge in [0.1, 0.15) is 6.04 Å². The molecule has 4 rings (SSSR count). The number of nitrogens with one attached hydrogen (secondary N) is 1. The zero-order chi connectivity index (χ0) is 16.0. The molecule has 0 saturated heterocycles. The van der Waals surface area contributed by atoms with Crippen LogP contribution in [0.25, 0.3) is 10.9 Å². The van der Waals surface area contributed by atoms with E-state index in [9.17, 15) is 4.79 Å². The summed E-state index contributed by atoms with van der Waals surface area (Å²) in [5, 5.41) is 1.43. The largest absolute Gasteiger partial charge is 0.462 e. The highest BCUT2D eigenvalue weighted by molar-refractivity contribution is 5.86. The van der Waals surface area contributed by atoms with Gasteiger partial charge in [-0.15, -0.1) is 0 Å². The van der Waals surface area contributed by atoms with E-state index in [1.54, 1.807) is 0 Å². The van der Waals surface area contributed by atoms with Crippen LogP contribution in [0.2, 0.25) is 0 Å². The lowest BCUT2D eigenvalue weighted by Gasteiger charge is -2.36.